The lowest BCUT2D eigenvalue weighted by molar-refractivity contribution is 0.0950. The molecule has 5 nitrogen and oxygen atoms in total. The van der Waals surface area contributed by atoms with Crippen LogP contribution >= 0.6 is 11.3 Å². The summed E-state index contributed by atoms with van der Waals surface area (Å²) in [6, 6.07) is 3.77. The van der Waals surface area contributed by atoms with E-state index < -0.39 is 0 Å². The summed E-state index contributed by atoms with van der Waals surface area (Å²) in [5.74, 6) is 0.857. The molecule has 6 heteroatoms. The van der Waals surface area contributed by atoms with Gasteiger partial charge in [-0.3, -0.25) is 4.79 Å². The number of carbonyl (C=O) groups is 1. The van der Waals surface area contributed by atoms with Crippen LogP contribution < -0.4 is 10.2 Å². The highest BCUT2D eigenvalue weighted by Crippen LogP contribution is 2.17. The zero-order valence-corrected chi connectivity index (χ0v) is 13.5. The average Bonchev–Trinajstić information content (AvgIpc) is 3.24. The maximum Gasteiger partial charge on any atom is 0.253 e. The van der Waals surface area contributed by atoms with Gasteiger partial charge in [-0.25, -0.2) is 9.97 Å². The summed E-state index contributed by atoms with van der Waals surface area (Å²) in [5, 5.41) is 5.87. The van der Waals surface area contributed by atoms with Gasteiger partial charge in [0, 0.05) is 24.7 Å². The highest BCUT2D eigenvalue weighted by atomic mass is 32.1. The molecule has 3 rings (SSSR count). The van der Waals surface area contributed by atoms with Crippen LogP contribution in [-0.2, 0) is 13.0 Å². The molecule has 2 aromatic rings. The van der Waals surface area contributed by atoms with Crippen LogP contribution in [0.1, 0.15) is 40.8 Å². The van der Waals surface area contributed by atoms with Crippen molar-refractivity contribution in [3.8, 4) is 0 Å². The lowest BCUT2D eigenvalue weighted by Gasteiger charge is -2.16. The second kappa shape index (κ2) is 6.87. The molecule has 22 heavy (non-hydrogen) atoms. The molecular formula is C16H20N4OS. The monoisotopic (exact) mass is 316 g/mol. The van der Waals surface area contributed by atoms with Crippen LogP contribution in [-0.4, -0.2) is 29.0 Å². The van der Waals surface area contributed by atoms with Crippen LogP contribution in [0, 0.1) is 0 Å². The summed E-state index contributed by atoms with van der Waals surface area (Å²) in [4.78, 5) is 23.2. The van der Waals surface area contributed by atoms with Crippen molar-refractivity contribution < 1.29 is 4.79 Å². The Bertz CT molecular complexity index is 632. The van der Waals surface area contributed by atoms with E-state index in [9.17, 15) is 4.79 Å². The number of rotatable bonds is 5. The Morgan fingerprint density at radius 1 is 1.36 bits per heavy atom. The van der Waals surface area contributed by atoms with Gasteiger partial charge in [-0.15, -0.1) is 11.3 Å². The number of hydrogen-bond acceptors (Lipinski definition) is 5. The van der Waals surface area contributed by atoms with Crippen molar-refractivity contribution in [1.29, 1.82) is 0 Å². The van der Waals surface area contributed by atoms with Crippen LogP contribution in [0.15, 0.2) is 23.7 Å². The quantitative estimate of drug-likeness (QED) is 0.921. The Labute approximate surface area is 134 Å². The van der Waals surface area contributed by atoms with Crippen molar-refractivity contribution in [1.82, 2.24) is 15.3 Å². The minimum Gasteiger partial charge on any atom is -0.357 e. The predicted molar refractivity (Wildman–Crippen MR) is 88.3 cm³/mol. The molecule has 0 aliphatic carbocycles. The Balaban J connectivity index is 1.57. The lowest BCUT2D eigenvalue weighted by Crippen LogP contribution is -2.23. The molecule has 0 saturated carbocycles. The van der Waals surface area contributed by atoms with Gasteiger partial charge in [0.2, 0.25) is 0 Å². The Morgan fingerprint density at radius 3 is 2.82 bits per heavy atom. The third-order valence-electron chi connectivity index (χ3n) is 3.80. The van der Waals surface area contributed by atoms with E-state index in [2.05, 4.69) is 27.1 Å². The summed E-state index contributed by atoms with van der Waals surface area (Å²) in [6.45, 7) is 4.66. The van der Waals surface area contributed by atoms with Gasteiger partial charge in [0.25, 0.3) is 5.91 Å². The molecule has 0 aromatic carbocycles. The molecular weight excluding hydrogens is 296 g/mol. The van der Waals surface area contributed by atoms with Crippen molar-refractivity contribution in [2.45, 2.75) is 32.7 Å². The van der Waals surface area contributed by atoms with E-state index in [0.29, 0.717) is 12.1 Å². The van der Waals surface area contributed by atoms with E-state index in [-0.39, 0.29) is 5.91 Å². The molecule has 0 unspecified atom stereocenters. The topological polar surface area (TPSA) is 58.1 Å². The standard InChI is InChI=1S/C16H20N4OS/c1-2-13-11-22-15(19-13)10-18-16(21)12-5-6-14(17-9-12)20-7-3-4-8-20/h5-6,9,11H,2-4,7-8,10H2,1H3,(H,18,21). The van der Waals surface area contributed by atoms with Crippen LogP contribution in [0.2, 0.25) is 0 Å². The molecule has 0 spiro atoms. The van der Waals surface area contributed by atoms with Gasteiger partial charge >= 0.3 is 0 Å². The average molecular weight is 316 g/mol. The fourth-order valence-electron chi connectivity index (χ4n) is 2.50. The van der Waals surface area contributed by atoms with Crippen molar-refractivity contribution in [3.05, 3.63) is 40.0 Å². The number of aromatic nitrogens is 2. The van der Waals surface area contributed by atoms with Gasteiger partial charge in [0.15, 0.2) is 0 Å². The highest BCUT2D eigenvalue weighted by molar-refractivity contribution is 7.09. The van der Waals surface area contributed by atoms with Crippen molar-refractivity contribution in [3.63, 3.8) is 0 Å². The number of nitrogens with one attached hydrogen (secondary N) is 1. The third kappa shape index (κ3) is 3.44. The maximum atomic E-state index is 12.1. The van der Waals surface area contributed by atoms with Crippen LogP contribution in [0.3, 0.4) is 0 Å². The second-order valence-corrected chi connectivity index (χ2v) is 6.31. The molecule has 1 fully saturated rings. The number of thiazole rings is 1. The van der Waals surface area contributed by atoms with Crippen LogP contribution in [0.25, 0.3) is 0 Å². The number of anilines is 1. The van der Waals surface area contributed by atoms with Crippen molar-refractivity contribution >= 4 is 23.1 Å². The number of aryl methyl sites for hydroxylation is 1. The van der Waals surface area contributed by atoms with E-state index in [0.717, 1.165) is 36.0 Å². The Hall–Kier alpha value is -1.95. The molecule has 1 amide bonds. The summed E-state index contributed by atoms with van der Waals surface area (Å²) in [6.07, 6.45) is 5.02. The number of pyridine rings is 1. The molecule has 0 bridgehead atoms. The summed E-state index contributed by atoms with van der Waals surface area (Å²) in [7, 11) is 0. The fourth-order valence-corrected chi connectivity index (χ4v) is 3.32. The van der Waals surface area contributed by atoms with Gasteiger partial charge < -0.3 is 10.2 Å². The third-order valence-corrected chi connectivity index (χ3v) is 4.70. The van der Waals surface area contributed by atoms with E-state index in [1.165, 1.54) is 12.8 Å². The first-order chi connectivity index (χ1) is 10.8. The van der Waals surface area contributed by atoms with E-state index in [4.69, 9.17) is 0 Å². The second-order valence-electron chi connectivity index (χ2n) is 5.37. The predicted octanol–water partition coefficient (Wildman–Crippen LogP) is 2.63. The minimum atomic E-state index is -0.103. The summed E-state index contributed by atoms with van der Waals surface area (Å²) >= 11 is 1.58. The molecule has 0 radical (unpaired) electrons. The Kier molecular flexibility index (Phi) is 4.68. The molecule has 116 valence electrons. The van der Waals surface area contributed by atoms with Crippen LogP contribution in [0.4, 0.5) is 5.82 Å². The van der Waals surface area contributed by atoms with E-state index in [1.807, 2.05) is 17.5 Å². The van der Waals surface area contributed by atoms with Gasteiger partial charge in [-0.05, 0) is 31.4 Å². The maximum absolute atomic E-state index is 12.1. The van der Waals surface area contributed by atoms with E-state index in [1.54, 1.807) is 17.5 Å². The summed E-state index contributed by atoms with van der Waals surface area (Å²) in [5.41, 5.74) is 1.67. The van der Waals surface area contributed by atoms with Crippen molar-refractivity contribution in [2.24, 2.45) is 0 Å². The molecule has 3 heterocycles. The molecule has 2 aromatic heterocycles. The van der Waals surface area contributed by atoms with Gasteiger partial charge in [-0.1, -0.05) is 6.92 Å². The molecule has 1 saturated heterocycles. The highest BCUT2D eigenvalue weighted by Gasteiger charge is 2.14. The number of amides is 1. The Morgan fingerprint density at radius 2 is 2.18 bits per heavy atom. The first kappa shape index (κ1) is 15.0. The molecule has 1 aliphatic rings. The molecule has 1 N–H and O–H groups in total. The summed E-state index contributed by atoms with van der Waals surface area (Å²) < 4.78 is 0. The van der Waals surface area contributed by atoms with Crippen molar-refractivity contribution in [2.75, 3.05) is 18.0 Å². The normalized spacial score (nSPS) is 14.3. The first-order valence-corrected chi connectivity index (χ1v) is 8.56. The van der Waals surface area contributed by atoms with E-state index >= 15 is 0 Å². The van der Waals surface area contributed by atoms with Crippen LogP contribution in [0.5, 0.6) is 0 Å². The number of carbonyl (C=O) groups excluding carboxylic acids is 1. The minimum absolute atomic E-state index is 0.103. The largest absolute Gasteiger partial charge is 0.357 e. The number of hydrogen-bond donors (Lipinski definition) is 1. The van der Waals surface area contributed by atoms with Gasteiger partial charge in [0.1, 0.15) is 10.8 Å². The smallest absolute Gasteiger partial charge is 0.253 e. The van der Waals surface area contributed by atoms with Gasteiger partial charge in [0.05, 0.1) is 17.8 Å². The molecule has 1 aliphatic heterocycles. The number of nitrogens with zero attached hydrogens (tertiary/aromatic N) is 3. The first-order valence-electron chi connectivity index (χ1n) is 7.68. The zero-order chi connectivity index (χ0) is 15.4. The fraction of sp³-hybridized carbons (Fsp3) is 0.438. The van der Waals surface area contributed by atoms with Gasteiger partial charge in [-0.2, -0.15) is 0 Å². The lowest BCUT2D eigenvalue weighted by atomic mass is 10.2. The SMILES string of the molecule is CCc1csc(CNC(=O)c2ccc(N3CCCC3)nc2)n1. The zero-order valence-electron chi connectivity index (χ0n) is 12.7. The molecule has 0 atom stereocenters.